The Balaban J connectivity index is 2.07. The molecule has 1 aromatic heterocycles. The zero-order valence-electron chi connectivity index (χ0n) is 14.5. The van der Waals surface area contributed by atoms with Crippen molar-refractivity contribution in [2.75, 3.05) is 50.6 Å². The molecule has 1 saturated heterocycles. The second-order valence-corrected chi connectivity index (χ2v) is 8.54. The molecule has 2 rings (SSSR count). The lowest BCUT2D eigenvalue weighted by Gasteiger charge is -2.27. The minimum Gasteiger partial charge on any atom is -0.369 e. The smallest absolute Gasteiger partial charge is 0.254 e. The molecule has 7 nitrogen and oxygen atoms in total. The van der Waals surface area contributed by atoms with Gasteiger partial charge in [-0.3, -0.25) is 4.79 Å². The molecule has 1 amide bonds. The highest BCUT2D eigenvalue weighted by molar-refractivity contribution is 7.91. The van der Waals surface area contributed by atoms with Crippen molar-refractivity contribution >= 4 is 21.6 Å². The second kappa shape index (κ2) is 7.94. The van der Waals surface area contributed by atoms with E-state index in [2.05, 4.69) is 15.2 Å². The number of hydrogen-bond acceptors (Lipinski definition) is 6. The molecule has 0 aliphatic carbocycles. The summed E-state index contributed by atoms with van der Waals surface area (Å²) in [5, 5.41) is 3.19. The van der Waals surface area contributed by atoms with Gasteiger partial charge in [-0.15, -0.1) is 0 Å². The highest BCUT2D eigenvalue weighted by atomic mass is 32.2. The van der Waals surface area contributed by atoms with Crippen LogP contribution >= 0.6 is 0 Å². The minimum absolute atomic E-state index is 0.0611. The number of nitrogens with one attached hydrogen (secondary N) is 1. The highest BCUT2D eigenvalue weighted by Gasteiger charge is 2.34. The molecule has 0 aromatic carbocycles. The van der Waals surface area contributed by atoms with Gasteiger partial charge in [0.15, 0.2) is 9.84 Å². The van der Waals surface area contributed by atoms with Crippen molar-refractivity contribution < 1.29 is 13.2 Å². The average molecular weight is 354 g/mol. The summed E-state index contributed by atoms with van der Waals surface area (Å²) in [4.78, 5) is 20.7. The van der Waals surface area contributed by atoms with Crippen molar-refractivity contribution in [3.8, 4) is 0 Å². The van der Waals surface area contributed by atoms with E-state index in [9.17, 15) is 13.2 Å². The van der Waals surface area contributed by atoms with Crippen molar-refractivity contribution in [2.24, 2.45) is 0 Å². The molecule has 0 bridgehead atoms. The number of anilines is 1. The molecule has 1 N–H and O–H groups in total. The molecular weight excluding hydrogens is 328 g/mol. The van der Waals surface area contributed by atoms with Crippen molar-refractivity contribution in [1.82, 2.24) is 14.8 Å². The molecule has 1 aliphatic heterocycles. The Hall–Kier alpha value is -1.67. The summed E-state index contributed by atoms with van der Waals surface area (Å²) in [7, 11) is 0.962. The lowest BCUT2D eigenvalue weighted by molar-refractivity contribution is 0.0708. The Bertz CT molecular complexity index is 676. The van der Waals surface area contributed by atoms with E-state index in [4.69, 9.17) is 0 Å². The number of amides is 1. The van der Waals surface area contributed by atoms with E-state index < -0.39 is 9.84 Å². The van der Waals surface area contributed by atoms with Crippen LogP contribution in [0.4, 0.5) is 5.82 Å². The van der Waals surface area contributed by atoms with Gasteiger partial charge in [0.05, 0.1) is 11.5 Å². The zero-order chi connectivity index (χ0) is 17.7. The first kappa shape index (κ1) is 18.7. The maximum absolute atomic E-state index is 12.8. The molecule has 1 aromatic rings. The first-order chi connectivity index (χ1) is 11.3. The van der Waals surface area contributed by atoms with Crippen LogP contribution in [0.3, 0.4) is 0 Å². The van der Waals surface area contributed by atoms with Crippen molar-refractivity contribution in [3.63, 3.8) is 0 Å². The van der Waals surface area contributed by atoms with Crippen LogP contribution in [-0.4, -0.2) is 80.4 Å². The Kier molecular flexibility index (Phi) is 6.17. The summed E-state index contributed by atoms with van der Waals surface area (Å²) in [5.74, 6) is 0.733. The normalized spacial score (nSPS) is 19.4. The van der Waals surface area contributed by atoms with Gasteiger partial charge >= 0.3 is 0 Å². The van der Waals surface area contributed by atoms with Crippen LogP contribution in [-0.2, 0) is 9.84 Å². The van der Waals surface area contributed by atoms with E-state index in [1.807, 2.05) is 21.0 Å². The maximum atomic E-state index is 12.8. The number of carbonyl (C=O) groups is 1. The molecule has 0 spiro atoms. The SMILES string of the molecule is CCN(C(=O)c1ccnc(NCCN(C)C)c1)C1CCS(=O)(=O)C1. The number of sulfone groups is 1. The summed E-state index contributed by atoms with van der Waals surface area (Å²) in [6.45, 7) is 3.96. The molecule has 134 valence electrons. The maximum Gasteiger partial charge on any atom is 0.254 e. The van der Waals surface area contributed by atoms with Crippen LogP contribution in [0.1, 0.15) is 23.7 Å². The highest BCUT2D eigenvalue weighted by Crippen LogP contribution is 2.20. The molecule has 1 aliphatic rings. The number of carbonyl (C=O) groups excluding carboxylic acids is 1. The van der Waals surface area contributed by atoms with Crippen LogP contribution in [0, 0.1) is 0 Å². The first-order valence-electron chi connectivity index (χ1n) is 8.18. The zero-order valence-corrected chi connectivity index (χ0v) is 15.3. The molecule has 0 saturated carbocycles. The van der Waals surface area contributed by atoms with Gasteiger partial charge in [0.1, 0.15) is 5.82 Å². The molecule has 1 unspecified atom stereocenters. The standard InChI is InChI=1S/C16H26N4O3S/c1-4-20(14-6-10-24(22,23)12-14)16(21)13-5-7-17-15(11-13)18-8-9-19(2)3/h5,7,11,14H,4,6,8-10,12H2,1-3H3,(H,17,18). The van der Waals surface area contributed by atoms with Gasteiger partial charge in [0.25, 0.3) is 5.91 Å². The fourth-order valence-corrected chi connectivity index (χ4v) is 4.55. The Morgan fingerprint density at radius 1 is 1.42 bits per heavy atom. The molecular formula is C16H26N4O3S. The van der Waals surface area contributed by atoms with Crippen LogP contribution in [0.25, 0.3) is 0 Å². The fraction of sp³-hybridized carbons (Fsp3) is 0.625. The van der Waals surface area contributed by atoms with E-state index in [0.717, 1.165) is 13.1 Å². The third kappa shape index (κ3) is 4.91. The number of aromatic nitrogens is 1. The second-order valence-electron chi connectivity index (χ2n) is 6.31. The van der Waals surface area contributed by atoms with Crippen molar-refractivity contribution in [1.29, 1.82) is 0 Å². The third-order valence-electron chi connectivity index (χ3n) is 4.12. The van der Waals surface area contributed by atoms with Crippen molar-refractivity contribution in [3.05, 3.63) is 23.9 Å². The average Bonchev–Trinajstić information content (AvgIpc) is 2.88. The summed E-state index contributed by atoms with van der Waals surface area (Å²) >= 11 is 0. The number of hydrogen-bond donors (Lipinski definition) is 1. The Morgan fingerprint density at radius 2 is 2.17 bits per heavy atom. The predicted molar refractivity (Wildman–Crippen MR) is 95.1 cm³/mol. The van der Waals surface area contributed by atoms with E-state index in [1.54, 1.807) is 23.2 Å². The van der Waals surface area contributed by atoms with E-state index >= 15 is 0 Å². The third-order valence-corrected chi connectivity index (χ3v) is 5.87. The van der Waals surface area contributed by atoms with Crippen LogP contribution in [0.5, 0.6) is 0 Å². The lowest BCUT2D eigenvalue weighted by Crippen LogP contribution is -2.41. The van der Waals surface area contributed by atoms with Crippen LogP contribution < -0.4 is 5.32 Å². The van der Waals surface area contributed by atoms with Gasteiger partial charge in [-0.1, -0.05) is 0 Å². The molecule has 1 fully saturated rings. The number of nitrogens with zero attached hydrogens (tertiary/aromatic N) is 3. The Labute approximate surface area is 144 Å². The monoisotopic (exact) mass is 354 g/mol. The molecule has 1 atom stereocenters. The first-order valence-corrected chi connectivity index (χ1v) is 10.0. The lowest BCUT2D eigenvalue weighted by atomic mass is 10.1. The van der Waals surface area contributed by atoms with Gasteiger partial charge in [0.2, 0.25) is 0 Å². The van der Waals surface area contributed by atoms with Gasteiger partial charge in [-0.25, -0.2) is 13.4 Å². The summed E-state index contributed by atoms with van der Waals surface area (Å²) in [6, 6.07) is 3.17. The van der Waals surface area contributed by atoms with Crippen LogP contribution in [0.2, 0.25) is 0 Å². The van der Waals surface area contributed by atoms with Gasteiger partial charge in [-0.05, 0) is 39.6 Å². The molecule has 0 radical (unpaired) electrons. The minimum atomic E-state index is -3.02. The quantitative estimate of drug-likeness (QED) is 0.776. The summed E-state index contributed by atoms with van der Waals surface area (Å²) in [5.41, 5.74) is 0.531. The topological polar surface area (TPSA) is 82.6 Å². The van der Waals surface area contributed by atoms with Gasteiger partial charge in [0, 0.05) is 37.4 Å². The largest absolute Gasteiger partial charge is 0.369 e. The summed E-state index contributed by atoms with van der Waals surface area (Å²) < 4.78 is 23.4. The molecule has 24 heavy (non-hydrogen) atoms. The Morgan fingerprint density at radius 3 is 2.75 bits per heavy atom. The van der Waals surface area contributed by atoms with Gasteiger partial charge in [-0.2, -0.15) is 0 Å². The van der Waals surface area contributed by atoms with E-state index in [0.29, 0.717) is 24.3 Å². The molecule has 2 heterocycles. The number of rotatable bonds is 7. The summed E-state index contributed by atoms with van der Waals surface area (Å²) in [6.07, 6.45) is 2.12. The number of pyridine rings is 1. The number of likely N-dealkylation sites (N-methyl/N-ethyl adjacent to an activating group) is 1. The van der Waals surface area contributed by atoms with Crippen molar-refractivity contribution in [2.45, 2.75) is 19.4 Å². The van der Waals surface area contributed by atoms with Crippen LogP contribution in [0.15, 0.2) is 18.3 Å². The predicted octanol–water partition coefficient (Wildman–Crippen LogP) is 0.704. The van der Waals surface area contributed by atoms with E-state index in [1.165, 1.54) is 0 Å². The van der Waals surface area contributed by atoms with Gasteiger partial charge < -0.3 is 15.1 Å². The fourth-order valence-electron chi connectivity index (χ4n) is 2.82. The molecule has 8 heteroatoms. The van der Waals surface area contributed by atoms with E-state index in [-0.39, 0.29) is 23.5 Å².